The maximum absolute atomic E-state index is 12.7. The molecule has 31 heavy (non-hydrogen) atoms. The van der Waals surface area contributed by atoms with Crippen LogP contribution >= 0.6 is 81.8 Å². The number of methoxy groups -OCH3 is 2. The smallest absolute Gasteiger partial charge is 0.253 e. The van der Waals surface area contributed by atoms with Crippen molar-refractivity contribution in [2.75, 3.05) is 19.5 Å². The second kappa shape index (κ2) is 11.2. The zero-order valence-electron chi connectivity index (χ0n) is 15.9. The number of hydrogen-bond donors (Lipinski definition) is 3. The Morgan fingerprint density at radius 3 is 2.06 bits per heavy atom. The van der Waals surface area contributed by atoms with Gasteiger partial charge in [-0.3, -0.25) is 4.79 Å². The van der Waals surface area contributed by atoms with Crippen molar-refractivity contribution in [1.29, 1.82) is 0 Å². The maximum Gasteiger partial charge on any atom is 0.253 e. The summed E-state index contributed by atoms with van der Waals surface area (Å²) < 4.78 is 8.38. The lowest BCUT2D eigenvalue weighted by molar-refractivity contribution is 0.0934. The van der Waals surface area contributed by atoms with E-state index >= 15 is 0 Å². The van der Waals surface area contributed by atoms with E-state index in [1.54, 1.807) is 6.07 Å². The fourth-order valence-corrected chi connectivity index (χ4v) is 3.79. The molecule has 0 unspecified atom stereocenters. The van der Waals surface area contributed by atoms with E-state index < -0.39 is 15.9 Å². The van der Waals surface area contributed by atoms with Crippen molar-refractivity contribution in [3.63, 3.8) is 0 Å². The van der Waals surface area contributed by atoms with Crippen LogP contribution in [0.25, 0.3) is 0 Å². The number of anilines is 1. The fraction of sp³-hybridized carbons (Fsp3) is 0.222. The Morgan fingerprint density at radius 2 is 1.55 bits per heavy atom. The van der Waals surface area contributed by atoms with Gasteiger partial charge >= 0.3 is 0 Å². The molecule has 0 bridgehead atoms. The lowest BCUT2D eigenvalue weighted by Crippen LogP contribution is -2.56. The Hall–Kier alpha value is -1.06. The minimum Gasteiger partial charge on any atom is -0.493 e. The lowest BCUT2D eigenvalue weighted by Gasteiger charge is -2.28. The standard InChI is InChI=1S/C18H15Cl6N3O3S/c1-29-12-4-3-8(5-13(12)30-2)15(28)26-16(18(22,23)24)27-17(31)25-14-10(20)6-9(19)7-11(14)21/h3-7,16H,1-2H3,(H,26,28)(H2,25,27,31)/t16-/m0/s1. The molecule has 0 fully saturated rings. The predicted molar refractivity (Wildman–Crippen MR) is 132 cm³/mol. The van der Waals surface area contributed by atoms with Gasteiger partial charge in [-0.25, -0.2) is 0 Å². The molecule has 0 spiro atoms. The largest absolute Gasteiger partial charge is 0.493 e. The molecule has 0 saturated carbocycles. The Labute approximate surface area is 214 Å². The first-order valence-corrected chi connectivity index (χ1v) is 11.0. The van der Waals surface area contributed by atoms with Crippen LogP contribution in [-0.2, 0) is 0 Å². The molecule has 0 aliphatic rings. The summed E-state index contributed by atoms with van der Waals surface area (Å²) in [6.07, 6.45) is -1.22. The molecule has 2 aromatic carbocycles. The monoisotopic (exact) mass is 563 g/mol. The summed E-state index contributed by atoms with van der Waals surface area (Å²) in [5, 5.41) is 8.84. The summed E-state index contributed by atoms with van der Waals surface area (Å²) in [5.74, 6) is 0.255. The van der Waals surface area contributed by atoms with E-state index in [0.717, 1.165) is 0 Å². The number of thiocarbonyl (C=S) groups is 1. The van der Waals surface area contributed by atoms with Gasteiger partial charge in [0.05, 0.1) is 30.0 Å². The molecule has 0 heterocycles. The number of nitrogens with one attached hydrogen (secondary N) is 3. The van der Waals surface area contributed by atoms with Crippen molar-refractivity contribution in [1.82, 2.24) is 10.6 Å². The summed E-state index contributed by atoms with van der Waals surface area (Å²) >= 11 is 41.5. The molecule has 0 radical (unpaired) electrons. The normalized spacial score (nSPS) is 12.0. The van der Waals surface area contributed by atoms with E-state index in [2.05, 4.69) is 16.0 Å². The molecule has 3 N–H and O–H groups in total. The molecule has 0 aliphatic carbocycles. The van der Waals surface area contributed by atoms with Crippen LogP contribution in [0.1, 0.15) is 10.4 Å². The predicted octanol–water partition coefficient (Wildman–Crippen LogP) is 6.08. The van der Waals surface area contributed by atoms with Gasteiger partial charge < -0.3 is 25.4 Å². The first kappa shape index (κ1) is 26.2. The number of halogens is 6. The first-order chi connectivity index (χ1) is 14.5. The summed E-state index contributed by atoms with van der Waals surface area (Å²) in [7, 11) is 2.93. The molecule has 6 nitrogen and oxygen atoms in total. The number of carbonyl (C=O) groups excluding carboxylic acids is 1. The Morgan fingerprint density at radius 1 is 0.968 bits per heavy atom. The van der Waals surface area contributed by atoms with Crippen LogP contribution in [0.2, 0.25) is 15.1 Å². The number of carbonyl (C=O) groups is 1. The van der Waals surface area contributed by atoms with Gasteiger partial charge in [-0.15, -0.1) is 0 Å². The van der Waals surface area contributed by atoms with E-state index in [-0.39, 0.29) is 20.7 Å². The Kier molecular flexibility index (Phi) is 9.45. The summed E-state index contributed by atoms with van der Waals surface area (Å²) in [4.78, 5) is 12.7. The van der Waals surface area contributed by atoms with Gasteiger partial charge in [0.15, 0.2) is 16.6 Å². The molecular weight excluding hydrogens is 551 g/mol. The first-order valence-electron chi connectivity index (χ1n) is 8.28. The molecule has 2 aromatic rings. The van der Waals surface area contributed by atoms with Crippen molar-refractivity contribution in [3.05, 3.63) is 51.0 Å². The minimum atomic E-state index is -1.97. The third-order valence-corrected chi connectivity index (χ3v) is 5.46. The Balaban J connectivity index is 2.18. The van der Waals surface area contributed by atoms with Gasteiger partial charge in [0.1, 0.15) is 6.17 Å². The van der Waals surface area contributed by atoms with Gasteiger partial charge in [0.25, 0.3) is 5.91 Å². The quantitative estimate of drug-likeness (QED) is 0.224. The van der Waals surface area contributed by atoms with Crippen LogP contribution in [0.5, 0.6) is 11.5 Å². The van der Waals surface area contributed by atoms with E-state index in [0.29, 0.717) is 22.2 Å². The third kappa shape index (κ3) is 7.22. The van der Waals surface area contributed by atoms with Crippen LogP contribution in [0.4, 0.5) is 5.69 Å². The van der Waals surface area contributed by atoms with Crippen molar-refractivity contribution < 1.29 is 14.3 Å². The molecule has 2 rings (SSSR count). The SMILES string of the molecule is COc1ccc(C(=O)N[C@@H](NC(=S)Nc2c(Cl)cc(Cl)cc2Cl)C(Cl)(Cl)Cl)cc1OC. The third-order valence-electron chi connectivity index (χ3n) is 3.77. The van der Waals surface area contributed by atoms with Gasteiger partial charge in [-0.05, 0) is 42.5 Å². The summed E-state index contributed by atoms with van der Waals surface area (Å²) in [6.45, 7) is 0. The fourth-order valence-electron chi connectivity index (χ4n) is 2.33. The molecular formula is C18H15Cl6N3O3S. The van der Waals surface area contributed by atoms with Gasteiger partial charge in [0.2, 0.25) is 3.79 Å². The van der Waals surface area contributed by atoms with Gasteiger partial charge in [0, 0.05) is 10.6 Å². The average Bonchev–Trinajstić information content (AvgIpc) is 2.68. The summed E-state index contributed by atoms with van der Waals surface area (Å²) in [6, 6.07) is 7.53. The van der Waals surface area contributed by atoms with Crippen molar-refractivity contribution in [2.24, 2.45) is 0 Å². The number of alkyl halides is 3. The number of ether oxygens (including phenoxy) is 2. The van der Waals surface area contributed by atoms with Crippen LogP contribution < -0.4 is 25.4 Å². The molecule has 168 valence electrons. The van der Waals surface area contributed by atoms with Crippen LogP contribution in [0.3, 0.4) is 0 Å². The number of benzene rings is 2. The highest BCUT2D eigenvalue weighted by Crippen LogP contribution is 2.34. The van der Waals surface area contributed by atoms with E-state index in [4.69, 9.17) is 91.3 Å². The molecule has 13 heteroatoms. The second-order valence-electron chi connectivity index (χ2n) is 5.86. The highest BCUT2D eigenvalue weighted by molar-refractivity contribution is 7.80. The average molecular weight is 566 g/mol. The number of hydrogen-bond acceptors (Lipinski definition) is 4. The number of amides is 1. The second-order valence-corrected chi connectivity index (χ2v) is 9.89. The number of rotatable bonds is 6. The van der Waals surface area contributed by atoms with Crippen LogP contribution in [0, 0.1) is 0 Å². The zero-order chi connectivity index (χ0) is 23.3. The molecule has 1 atom stereocenters. The highest BCUT2D eigenvalue weighted by atomic mass is 35.6. The van der Waals surface area contributed by atoms with E-state index in [9.17, 15) is 4.79 Å². The van der Waals surface area contributed by atoms with Gasteiger partial charge in [-0.2, -0.15) is 0 Å². The van der Waals surface area contributed by atoms with Crippen LogP contribution in [-0.4, -0.2) is 35.2 Å². The van der Waals surface area contributed by atoms with E-state index in [1.807, 2.05) is 0 Å². The summed E-state index contributed by atoms with van der Waals surface area (Å²) in [5.41, 5.74) is 0.529. The molecule has 0 saturated heterocycles. The van der Waals surface area contributed by atoms with Crippen molar-refractivity contribution in [3.8, 4) is 11.5 Å². The molecule has 1 amide bonds. The van der Waals surface area contributed by atoms with Crippen LogP contribution in [0.15, 0.2) is 30.3 Å². The topological polar surface area (TPSA) is 71.6 Å². The maximum atomic E-state index is 12.7. The van der Waals surface area contributed by atoms with E-state index in [1.165, 1.54) is 38.5 Å². The molecule has 0 aliphatic heterocycles. The van der Waals surface area contributed by atoms with Crippen molar-refractivity contribution in [2.45, 2.75) is 9.96 Å². The lowest BCUT2D eigenvalue weighted by atomic mass is 10.2. The Bertz CT molecular complexity index is 963. The zero-order valence-corrected chi connectivity index (χ0v) is 21.2. The molecule has 0 aromatic heterocycles. The minimum absolute atomic E-state index is 0.0185. The highest BCUT2D eigenvalue weighted by Gasteiger charge is 2.35. The van der Waals surface area contributed by atoms with Gasteiger partial charge in [-0.1, -0.05) is 69.6 Å². The van der Waals surface area contributed by atoms with Crippen molar-refractivity contribution >= 4 is 98.5 Å².